The number of hydroxylamine groups is 1. The maximum Gasteiger partial charge on any atom is 0.256 e. The lowest BCUT2D eigenvalue weighted by Gasteiger charge is -2.26. The van der Waals surface area contributed by atoms with Crippen molar-refractivity contribution >= 4 is 17.3 Å². The van der Waals surface area contributed by atoms with Gasteiger partial charge in [-0.05, 0) is 24.6 Å². The van der Waals surface area contributed by atoms with Crippen LogP contribution in [-0.2, 0) is 9.63 Å². The molecule has 1 aromatic carbocycles. The van der Waals surface area contributed by atoms with Crippen molar-refractivity contribution in [2.45, 2.75) is 13.3 Å². The third-order valence-corrected chi connectivity index (χ3v) is 2.32. The fourth-order valence-electron chi connectivity index (χ4n) is 1.55. The zero-order valence-corrected chi connectivity index (χ0v) is 8.88. The molecule has 5 heteroatoms. The van der Waals surface area contributed by atoms with E-state index in [1.807, 2.05) is 25.1 Å². The molecule has 1 aromatic rings. The zero-order valence-electron chi connectivity index (χ0n) is 8.88. The monoisotopic (exact) mass is 220 g/mol. The van der Waals surface area contributed by atoms with Crippen LogP contribution in [0.5, 0.6) is 0 Å². The summed E-state index contributed by atoms with van der Waals surface area (Å²) in [5, 5.41) is 12.8. The molecule has 0 saturated carbocycles. The lowest BCUT2D eigenvalue weighted by Crippen LogP contribution is -2.40. The van der Waals surface area contributed by atoms with Crippen molar-refractivity contribution in [3.05, 3.63) is 29.8 Å². The number of rotatable bonds is 1. The summed E-state index contributed by atoms with van der Waals surface area (Å²) in [6, 6.07) is 7.46. The van der Waals surface area contributed by atoms with Gasteiger partial charge in [0.1, 0.15) is 6.61 Å². The second-order valence-corrected chi connectivity index (χ2v) is 3.64. The van der Waals surface area contributed by atoms with E-state index in [1.165, 1.54) is 5.06 Å². The summed E-state index contributed by atoms with van der Waals surface area (Å²) in [5.74, 6) is -0.232. The highest BCUT2D eigenvalue weighted by molar-refractivity contribution is 6.08. The number of carbonyl (C=O) groups excluding carboxylic acids is 1. The van der Waals surface area contributed by atoms with E-state index < -0.39 is 0 Å². The fraction of sp³-hybridized carbons (Fsp3) is 0.273. The molecule has 16 heavy (non-hydrogen) atoms. The van der Waals surface area contributed by atoms with Gasteiger partial charge < -0.3 is 5.21 Å². The number of amides is 1. The number of nitrogens with zero attached hydrogens (tertiary/aromatic N) is 2. The molecule has 0 radical (unpaired) electrons. The summed E-state index contributed by atoms with van der Waals surface area (Å²) >= 11 is 0. The Morgan fingerprint density at radius 1 is 1.50 bits per heavy atom. The van der Waals surface area contributed by atoms with Gasteiger partial charge in [-0.15, -0.1) is 0 Å². The molecule has 5 nitrogen and oxygen atoms in total. The van der Waals surface area contributed by atoms with Gasteiger partial charge in [0.2, 0.25) is 0 Å². The first-order chi connectivity index (χ1) is 7.70. The van der Waals surface area contributed by atoms with Crippen LogP contribution in [0.2, 0.25) is 0 Å². The second-order valence-electron chi connectivity index (χ2n) is 3.64. The Bertz CT molecular complexity index is 443. The summed E-state index contributed by atoms with van der Waals surface area (Å²) in [5.41, 5.74) is 2.09. The lowest BCUT2D eigenvalue weighted by molar-refractivity contribution is -0.125. The van der Waals surface area contributed by atoms with Crippen LogP contribution >= 0.6 is 0 Å². The highest BCUT2D eigenvalue weighted by Crippen LogP contribution is 2.20. The summed E-state index contributed by atoms with van der Waals surface area (Å²) in [7, 11) is 0. The smallest absolute Gasteiger partial charge is 0.256 e. The van der Waals surface area contributed by atoms with E-state index in [2.05, 4.69) is 5.16 Å². The highest BCUT2D eigenvalue weighted by Gasteiger charge is 2.25. The third kappa shape index (κ3) is 2.04. The van der Waals surface area contributed by atoms with Crippen LogP contribution in [0, 0.1) is 6.92 Å². The molecule has 1 fully saturated rings. The molecule has 0 atom stereocenters. The predicted molar refractivity (Wildman–Crippen MR) is 58.5 cm³/mol. The van der Waals surface area contributed by atoms with E-state index in [1.54, 1.807) is 6.07 Å². The Kier molecular flexibility index (Phi) is 2.87. The minimum Gasteiger partial charge on any atom is -0.411 e. The Hall–Kier alpha value is -1.88. The maximum absolute atomic E-state index is 11.7. The molecule has 0 aromatic heterocycles. The van der Waals surface area contributed by atoms with E-state index in [9.17, 15) is 4.79 Å². The van der Waals surface area contributed by atoms with Crippen LogP contribution < -0.4 is 5.06 Å². The Labute approximate surface area is 92.9 Å². The number of hydrogen-bond donors (Lipinski definition) is 1. The molecule has 0 aliphatic carbocycles. The van der Waals surface area contributed by atoms with Crippen molar-refractivity contribution in [2.24, 2.45) is 5.16 Å². The van der Waals surface area contributed by atoms with Gasteiger partial charge in [-0.3, -0.25) is 9.63 Å². The van der Waals surface area contributed by atoms with Crippen LogP contribution in [0.25, 0.3) is 0 Å². The summed E-state index contributed by atoms with van der Waals surface area (Å²) in [6.07, 6.45) is 0.0877. The van der Waals surface area contributed by atoms with Crippen LogP contribution in [-0.4, -0.2) is 23.4 Å². The van der Waals surface area contributed by atoms with Gasteiger partial charge in [0.15, 0.2) is 0 Å². The van der Waals surface area contributed by atoms with E-state index in [4.69, 9.17) is 10.0 Å². The molecule has 1 heterocycles. The molecule has 1 aliphatic heterocycles. The Morgan fingerprint density at radius 3 is 2.94 bits per heavy atom. The minimum atomic E-state index is -0.232. The molecular formula is C11H12N2O3. The van der Waals surface area contributed by atoms with Crippen LogP contribution in [0.1, 0.15) is 12.0 Å². The van der Waals surface area contributed by atoms with Crippen LogP contribution in [0.3, 0.4) is 0 Å². The van der Waals surface area contributed by atoms with Crippen LogP contribution in [0.15, 0.2) is 29.4 Å². The van der Waals surface area contributed by atoms with Gasteiger partial charge in [0.05, 0.1) is 17.8 Å². The number of hydrogen-bond acceptors (Lipinski definition) is 4. The minimum absolute atomic E-state index is 0.0877. The van der Waals surface area contributed by atoms with E-state index in [-0.39, 0.29) is 18.9 Å². The Balaban J connectivity index is 2.20. The van der Waals surface area contributed by atoms with Gasteiger partial charge in [0, 0.05) is 0 Å². The first-order valence-corrected chi connectivity index (χ1v) is 4.93. The standard InChI is InChI=1S/C11H12N2O3/c1-8-3-2-4-10(5-8)13-11(14)6-9(12-15)7-16-13/h2-5,15H,6-7H2,1H3/b12-9-. The second kappa shape index (κ2) is 4.32. The van der Waals surface area contributed by atoms with E-state index in [0.29, 0.717) is 11.4 Å². The van der Waals surface area contributed by atoms with Crippen molar-refractivity contribution in [1.82, 2.24) is 0 Å². The molecule has 0 spiro atoms. The summed E-state index contributed by atoms with van der Waals surface area (Å²) in [4.78, 5) is 16.9. The normalized spacial score (nSPS) is 19.2. The summed E-state index contributed by atoms with van der Waals surface area (Å²) < 4.78 is 0. The number of carbonyl (C=O) groups is 1. The molecule has 1 amide bonds. The number of oxime groups is 1. The number of aryl methyl sites for hydroxylation is 1. The first-order valence-electron chi connectivity index (χ1n) is 4.93. The average Bonchev–Trinajstić information content (AvgIpc) is 2.28. The summed E-state index contributed by atoms with van der Waals surface area (Å²) in [6.45, 7) is 2.08. The third-order valence-electron chi connectivity index (χ3n) is 2.32. The number of benzene rings is 1. The molecule has 2 rings (SSSR count). The molecule has 1 saturated heterocycles. The van der Waals surface area contributed by atoms with Crippen LogP contribution in [0.4, 0.5) is 5.69 Å². The molecule has 1 aliphatic rings. The van der Waals surface area contributed by atoms with E-state index in [0.717, 1.165) is 5.56 Å². The largest absolute Gasteiger partial charge is 0.411 e. The van der Waals surface area contributed by atoms with Crippen molar-refractivity contribution in [3.63, 3.8) is 0 Å². The average molecular weight is 220 g/mol. The lowest BCUT2D eigenvalue weighted by atomic mass is 10.2. The van der Waals surface area contributed by atoms with Gasteiger partial charge in [-0.25, -0.2) is 0 Å². The zero-order chi connectivity index (χ0) is 11.5. The van der Waals surface area contributed by atoms with Gasteiger partial charge in [0.25, 0.3) is 5.91 Å². The van der Waals surface area contributed by atoms with Crippen molar-refractivity contribution in [2.75, 3.05) is 11.7 Å². The maximum atomic E-state index is 11.7. The molecule has 0 bridgehead atoms. The quantitative estimate of drug-likeness (QED) is 0.576. The molecular weight excluding hydrogens is 208 g/mol. The SMILES string of the molecule is Cc1cccc(N2OC/C(=N\O)CC2=O)c1. The highest BCUT2D eigenvalue weighted by atomic mass is 16.7. The van der Waals surface area contributed by atoms with Crippen molar-refractivity contribution in [3.8, 4) is 0 Å². The molecule has 1 N–H and O–H groups in total. The van der Waals surface area contributed by atoms with Gasteiger partial charge in [-0.2, -0.15) is 5.06 Å². The van der Waals surface area contributed by atoms with Gasteiger partial charge >= 0.3 is 0 Å². The van der Waals surface area contributed by atoms with Crippen molar-refractivity contribution < 1.29 is 14.8 Å². The first kappa shape index (κ1) is 10.6. The van der Waals surface area contributed by atoms with E-state index >= 15 is 0 Å². The predicted octanol–water partition coefficient (Wildman–Crippen LogP) is 1.49. The topological polar surface area (TPSA) is 62.1 Å². The Morgan fingerprint density at radius 2 is 2.31 bits per heavy atom. The molecule has 0 unspecified atom stereocenters. The molecule has 84 valence electrons. The number of anilines is 1. The van der Waals surface area contributed by atoms with Gasteiger partial charge in [-0.1, -0.05) is 17.3 Å². The fourth-order valence-corrected chi connectivity index (χ4v) is 1.55. The van der Waals surface area contributed by atoms with Crippen molar-refractivity contribution in [1.29, 1.82) is 0 Å².